The third kappa shape index (κ3) is 2.95. The molecule has 0 aromatic carbocycles. The van der Waals surface area contributed by atoms with Gasteiger partial charge in [-0.05, 0) is 50.2 Å². The molecule has 0 spiro atoms. The summed E-state index contributed by atoms with van der Waals surface area (Å²) in [4.78, 5) is 0. The second-order valence-electron chi connectivity index (χ2n) is 6.66. The Balaban J connectivity index is 2.75. The van der Waals surface area contributed by atoms with E-state index in [0.29, 0.717) is 0 Å². The molecule has 134 valence electrons. The summed E-state index contributed by atoms with van der Waals surface area (Å²) in [5, 5.41) is 0. The Morgan fingerprint density at radius 1 is 0.792 bits per heavy atom. The molecule has 0 saturated heterocycles. The van der Waals surface area contributed by atoms with Crippen LogP contribution in [0, 0.1) is 11.3 Å². The molecule has 24 heavy (non-hydrogen) atoms. The molecule has 1 atom stereocenters. The summed E-state index contributed by atoms with van der Waals surface area (Å²) in [7, 11) is 0. The van der Waals surface area contributed by atoms with Crippen LogP contribution >= 0.6 is 0 Å². The quantitative estimate of drug-likeness (QED) is 0.488. The van der Waals surface area contributed by atoms with E-state index in [1.54, 1.807) is 20.8 Å². The molecule has 0 radical (unpaired) electrons. The predicted molar refractivity (Wildman–Crippen MR) is 81.2 cm³/mol. The van der Waals surface area contributed by atoms with Crippen molar-refractivity contribution in [2.45, 2.75) is 52.4 Å². The van der Waals surface area contributed by atoms with Gasteiger partial charge in [-0.1, -0.05) is 42.4 Å². The summed E-state index contributed by atoms with van der Waals surface area (Å²) in [5.74, 6) is -0.351. The fourth-order valence-electron chi connectivity index (χ4n) is 3.38. The van der Waals surface area contributed by atoms with Crippen LogP contribution in [0.1, 0.15) is 40.0 Å². The van der Waals surface area contributed by atoms with Gasteiger partial charge in [-0.2, -0.15) is 26.3 Å². The molecular formula is C18H20F6. The van der Waals surface area contributed by atoms with Crippen LogP contribution in [0.15, 0.2) is 46.6 Å². The summed E-state index contributed by atoms with van der Waals surface area (Å²) in [6.07, 6.45) is -6.41. The highest BCUT2D eigenvalue weighted by Gasteiger charge is 2.73. The second-order valence-corrected chi connectivity index (χ2v) is 6.66. The van der Waals surface area contributed by atoms with E-state index in [0.717, 1.165) is 23.3 Å². The molecule has 6 heteroatoms. The van der Waals surface area contributed by atoms with E-state index in [1.165, 1.54) is 12.2 Å². The molecule has 0 aliphatic heterocycles. The van der Waals surface area contributed by atoms with Crippen molar-refractivity contribution in [2.75, 3.05) is 0 Å². The van der Waals surface area contributed by atoms with E-state index in [9.17, 15) is 26.3 Å². The SMILES string of the molecule is CC1=CC=C(C(C2=CC=C(C)C(C)C2)(C(F)(F)F)C(F)(F)F)CC1. The molecule has 0 nitrogen and oxygen atoms in total. The number of alkyl halides is 6. The summed E-state index contributed by atoms with van der Waals surface area (Å²) < 4.78 is 83.5. The molecule has 0 aromatic rings. The Morgan fingerprint density at radius 3 is 1.75 bits per heavy atom. The number of rotatable bonds is 2. The van der Waals surface area contributed by atoms with Crippen molar-refractivity contribution in [3.63, 3.8) is 0 Å². The highest BCUT2D eigenvalue weighted by Crippen LogP contribution is 2.62. The minimum atomic E-state index is -5.44. The number of allylic oxidation sites excluding steroid dienone is 8. The van der Waals surface area contributed by atoms with Crippen molar-refractivity contribution in [2.24, 2.45) is 11.3 Å². The molecule has 0 N–H and O–H groups in total. The van der Waals surface area contributed by atoms with Crippen molar-refractivity contribution < 1.29 is 26.3 Å². The molecule has 1 unspecified atom stereocenters. The lowest BCUT2D eigenvalue weighted by atomic mass is 9.65. The van der Waals surface area contributed by atoms with Crippen molar-refractivity contribution in [1.29, 1.82) is 0 Å². The van der Waals surface area contributed by atoms with Gasteiger partial charge in [0.1, 0.15) is 0 Å². The number of hydrogen-bond donors (Lipinski definition) is 0. The van der Waals surface area contributed by atoms with Gasteiger partial charge in [-0.15, -0.1) is 0 Å². The largest absolute Gasteiger partial charge is 0.410 e. The van der Waals surface area contributed by atoms with E-state index in [-0.39, 0.29) is 25.2 Å². The monoisotopic (exact) mass is 350 g/mol. The van der Waals surface area contributed by atoms with Crippen molar-refractivity contribution in [3.8, 4) is 0 Å². The van der Waals surface area contributed by atoms with Gasteiger partial charge >= 0.3 is 12.4 Å². The molecule has 0 aromatic heterocycles. The second kappa shape index (κ2) is 6.12. The Kier molecular flexibility index (Phi) is 4.81. The molecule has 0 bridgehead atoms. The van der Waals surface area contributed by atoms with Gasteiger partial charge < -0.3 is 0 Å². The zero-order chi connectivity index (χ0) is 18.3. The topological polar surface area (TPSA) is 0 Å². The Morgan fingerprint density at radius 2 is 1.33 bits per heavy atom. The summed E-state index contributed by atoms with van der Waals surface area (Å²) >= 11 is 0. The van der Waals surface area contributed by atoms with E-state index in [4.69, 9.17) is 0 Å². The Hall–Kier alpha value is -1.46. The van der Waals surface area contributed by atoms with Crippen LogP contribution in [0.5, 0.6) is 0 Å². The highest BCUT2D eigenvalue weighted by atomic mass is 19.4. The van der Waals surface area contributed by atoms with Crippen molar-refractivity contribution in [3.05, 3.63) is 46.6 Å². The fraction of sp³-hybridized carbons (Fsp3) is 0.556. The van der Waals surface area contributed by atoms with Gasteiger partial charge in [-0.25, -0.2) is 0 Å². The van der Waals surface area contributed by atoms with E-state index in [2.05, 4.69) is 0 Å². The highest BCUT2D eigenvalue weighted by molar-refractivity contribution is 5.43. The molecule has 0 heterocycles. The Bertz CT molecular complexity index is 611. The summed E-state index contributed by atoms with van der Waals surface area (Å²) in [5.41, 5.74) is -3.56. The average Bonchev–Trinajstić information content (AvgIpc) is 2.42. The van der Waals surface area contributed by atoms with Gasteiger partial charge in [0, 0.05) is 0 Å². The lowest BCUT2D eigenvalue weighted by molar-refractivity contribution is -0.312. The average molecular weight is 350 g/mol. The molecule has 0 saturated carbocycles. The van der Waals surface area contributed by atoms with Crippen LogP contribution in [0.3, 0.4) is 0 Å². The van der Waals surface area contributed by atoms with Gasteiger partial charge in [-0.3, -0.25) is 0 Å². The Labute approximate surface area is 137 Å². The first-order valence-electron chi connectivity index (χ1n) is 7.79. The van der Waals surface area contributed by atoms with E-state index < -0.39 is 28.9 Å². The molecular weight excluding hydrogens is 330 g/mol. The number of hydrogen-bond acceptors (Lipinski definition) is 0. The third-order valence-electron chi connectivity index (χ3n) is 5.02. The third-order valence-corrected chi connectivity index (χ3v) is 5.02. The zero-order valence-electron chi connectivity index (χ0n) is 13.8. The first-order valence-corrected chi connectivity index (χ1v) is 7.79. The van der Waals surface area contributed by atoms with Crippen LogP contribution in [0.4, 0.5) is 26.3 Å². The smallest absolute Gasteiger partial charge is 0.169 e. The van der Waals surface area contributed by atoms with Crippen molar-refractivity contribution in [1.82, 2.24) is 0 Å². The van der Waals surface area contributed by atoms with Crippen LogP contribution in [0.2, 0.25) is 0 Å². The van der Waals surface area contributed by atoms with Gasteiger partial charge in [0.2, 0.25) is 5.41 Å². The van der Waals surface area contributed by atoms with Crippen LogP contribution in [-0.2, 0) is 0 Å². The van der Waals surface area contributed by atoms with E-state index >= 15 is 0 Å². The standard InChI is InChI=1S/C18H20F6/c1-11-4-7-14(8-5-11)16(17(19,20)21,18(22,23)24)15-9-6-12(2)13(3)10-15/h4,6-7,9,13H,5,8,10H2,1-3H3. The molecule has 2 aliphatic carbocycles. The van der Waals surface area contributed by atoms with Gasteiger partial charge in [0.25, 0.3) is 0 Å². The maximum atomic E-state index is 13.9. The van der Waals surface area contributed by atoms with Gasteiger partial charge in [0.15, 0.2) is 0 Å². The summed E-state index contributed by atoms with van der Waals surface area (Å²) in [6.45, 7) is 5.06. The minimum absolute atomic E-state index is 0.206. The van der Waals surface area contributed by atoms with Crippen LogP contribution in [0.25, 0.3) is 0 Å². The normalized spacial score (nSPS) is 23.3. The van der Waals surface area contributed by atoms with E-state index in [1.807, 2.05) is 0 Å². The van der Waals surface area contributed by atoms with Crippen LogP contribution in [-0.4, -0.2) is 12.4 Å². The van der Waals surface area contributed by atoms with Gasteiger partial charge in [0.05, 0.1) is 0 Å². The lowest BCUT2D eigenvalue weighted by Crippen LogP contribution is -2.53. The lowest BCUT2D eigenvalue weighted by Gasteiger charge is -2.43. The summed E-state index contributed by atoms with van der Waals surface area (Å²) in [6, 6.07) is 0. The minimum Gasteiger partial charge on any atom is -0.169 e. The maximum Gasteiger partial charge on any atom is 0.410 e. The molecule has 2 aliphatic rings. The maximum absolute atomic E-state index is 13.9. The molecule has 2 rings (SSSR count). The zero-order valence-corrected chi connectivity index (χ0v) is 13.8. The van der Waals surface area contributed by atoms with Crippen molar-refractivity contribution >= 4 is 0 Å². The first-order chi connectivity index (χ1) is 10.9. The van der Waals surface area contributed by atoms with Crippen LogP contribution < -0.4 is 0 Å². The molecule has 0 fully saturated rings. The fourth-order valence-corrected chi connectivity index (χ4v) is 3.38. The first kappa shape index (κ1) is 18.9. The molecule has 0 amide bonds. The predicted octanol–water partition coefficient (Wildman–Crippen LogP) is 6.68. The number of halogens is 6.